The molecule has 1 amide bonds. The SMILES string of the molecule is CC[C@@H](C(=O)N(C)Cc1ccccc1)N(c1cc([N+](=O)[O-])ccc1OC)S(C)(=O)=O. The van der Waals surface area contributed by atoms with Crippen LogP contribution in [-0.2, 0) is 21.4 Å². The highest BCUT2D eigenvalue weighted by Gasteiger charge is 2.35. The highest BCUT2D eigenvalue weighted by Crippen LogP contribution is 2.36. The summed E-state index contributed by atoms with van der Waals surface area (Å²) >= 11 is 0. The lowest BCUT2D eigenvalue weighted by atomic mass is 10.1. The van der Waals surface area contributed by atoms with Gasteiger partial charge in [0.15, 0.2) is 0 Å². The standard InChI is InChI=1S/C20H25N3O6S/c1-5-17(20(24)21(2)14-15-9-7-6-8-10-15)22(30(4,27)28)18-13-16(23(25)26)11-12-19(18)29-3/h6-13,17H,5,14H2,1-4H3/t17-/m0/s1. The first-order valence-corrected chi connectivity index (χ1v) is 11.1. The van der Waals surface area contributed by atoms with Gasteiger partial charge in [-0.05, 0) is 18.1 Å². The summed E-state index contributed by atoms with van der Waals surface area (Å²) in [4.78, 5) is 25.2. The smallest absolute Gasteiger partial charge is 0.271 e. The third-order valence-corrected chi connectivity index (χ3v) is 5.73. The van der Waals surface area contributed by atoms with Gasteiger partial charge in [0, 0.05) is 25.7 Å². The molecule has 2 aromatic carbocycles. The van der Waals surface area contributed by atoms with Crippen molar-refractivity contribution < 1.29 is 22.9 Å². The van der Waals surface area contributed by atoms with E-state index in [1.807, 2.05) is 30.3 Å². The molecule has 0 saturated heterocycles. The number of hydrogen-bond acceptors (Lipinski definition) is 6. The average Bonchev–Trinajstić information content (AvgIpc) is 2.70. The second-order valence-electron chi connectivity index (χ2n) is 6.78. The number of amides is 1. The maximum Gasteiger partial charge on any atom is 0.271 e. The molecule has 0 aliphatic carbocycles. The predicted molar refractivity (Wildman–Crippen MR) is 114 cm³/mol. The van der Waals surface area contributed by atoms with Gasteiger partial charge in [-0.2, -0.15) is 0 Å². The molecule has 0 aliphatic rings. The Bertz CT molecular complexity index is 1010. The van der Waals surface area contributed by atoms with Gasteiger partial charge in [0.25, 0.3) is 5.69 Å². The van der Waals surface area contributed by atoms with E-state index in [2.05, 4.69) is 0 Å². The fraction of sp³-hybridized carbons (Fsp3) is 0.350. The van der Waals surface area contributed by atoms with Gasteiger partial charge in [-0.1, -0.05) is 37.3 Å². The first kappa shape index (κ1) is 23.1. The van der Waals surface area contributed by atoms with Gasteiger partial charge in [-0.15, -0.1) is 0 Å². The zero-order valence-corrected chi connectivity index (χ0v) is 18.1. The first-order valence-electron chi connectivity index (χ1n) is 9.20. The Balaban J connectivity index is 2.50. The van der Waals surface area contributed by atoms with Crippen LogP contribution < -0.4 is 9.04 Å². The van der Waals surface area contributed by atoms with Crippen molar-refractivity contribution in [3.63, 3.8) is 0 Å². The highest BCUT2D eigenvalue weighted by atomic mass is 32.2. The van der Waals surface area contributed by atoms with Crippen LogP contribution in [-0.4, -0.2) is 50.6 Å². The van der Waals surface area contributed by atoms with E-state index in [9.17, 15) is 23.3 Å². The molecule has 0 aromatic heterocycles. The van der Waals surface area contributed by atoms with Crippen molar-refractivity contribution in [1.82, 2.24) is 4.90 Å². The molecule has 0 fully saturated rings. The van der Waals surface area contributed by atoms with E-state index in [1.54, 1.807) is 14.0 Å². The number of hydrogen-bond donors (Lipinski definition) is 0. The number of carbonyl (C=O) groups excluding carboxylic acids is 1. The Kier molecular flexibility index (Phi) is 7.38. The highest BCUT2D eigenvalue weighted by molar-refractivity contribution is 7.92. The van der Waals surface area contributed by atoms with Crippen LogP contribution in [0.2, 0.25) is 0 Å². The summed E-state index contributed by atoms with van der Waals surface area (Å²) in [6.45, 7) is 1.97. The van der Waals surface area contributed by atoms with E-state index in [1.165, 1.54) is 24.1 Å². The number of nitro benzene ring substituents is 1. The number of non-ortho nitro benzene ring substituents is 1. The molecular formula is C20H25N3O6S. The minimum atomic E-state index is -3.97. The fourth-order valence-corrected chi connectivity index (χ4v) is 4.37. The Labute approximate surface area is 176 Å². The quantitative estimate of drug-likeness (QED) is 0.442. The number of carbonyl (C=O) groups is 1. The normalized spacial score (nSPS) is 12.1. The number of benzene rings is 2. The zero-order chi connectivity index (χ0) is 22.5. The van der Waals surface area contributed by atoms with Crippen LogP contribution in [0.5, 0.6) is 5.75 Å². The third-order valence-electron chi connectivity index (χ3n) is 4.56. The van der Waals surface area contributed by atoms with Crippen LogP contribution in [0.3, 0.4) is 0 Å². The van der Waals surface area contributed by atoms with Gasteiger partial charge < -0.3 is 9.64 Å². The molecule has 0 bridgehead atoms. The molecule has 0 heterocycles. The molecule has 2 rings (SSSR count). The molecule has 0 saturated carbocycles. The van der Waals surface area contributed by atoms with Crippen molar-refractivity contribution in [1.29, 1.82) is 0 Å². The molecule has 0 radical (unpaired) electrons. The monoisotopic (exact) mass is 435 g/mol. The average molecular weight is 436 g/mol. The van der Waals surface area contributed by atoms with Crippen molar-refractivity contribution in [3.05, 3.63) is 64.2 Å². The molecule has 0 unspecified atom stereocenters. The van der Waals surface area contributed by atoms with Gasteiger partial charge >= 0.3 is 0 Å². The third kappa shape index (κ3) is 5.26. The lowest BCUT2D eigenvalue weighted by molar-refractivity contribution is -0.384. The van der Waals surface area contributed by atoms with Crippen LogP contribution in [0.1, 0.15) is 18.9 Å². The molecule has 1 atom stereocenters. The maximum absolute atomic E-state index is 13.2. The first-order chi connectivity index (χ1) is 14.1. The van der Waals surface area contributed by atoms with E-state index in [4.69, 9.17) is 4.74 Å². The van der Waals surface area contributed by atoms with Crippen molar-refractivity contribution in [2.75, 3.05) is 24.7 Å². The Morgan fingerprint density at radius 1 is 1.20 bits per heavy atom. The van der Waals surface area contributed by atoms with E-state index in [-0.39, 0.29) is 23.5 Å². The molecule has 10 heteroatoms. The number of nitro groups is 1. The summed E-state index contributed by atoms with van der Waals surface area (Å²) in [5.74, 6) is -0.316. The number of ether oxygens (including phenoxy) is 1. The summed E-state index contributed by atoms with van der Waals surface area (Å²) in [5.41, 5.74) is 0.531. The molecule has 9 nitrogen and oxygen atoms in total. The Morgan fingerprint density at radius 2 is 1.83 bits per heavy atom. The van der Waals surface area contributed by atoms with Crippen LogP contribution in [0.15, 0.2) is 48.5 Å². The summed E-state index contributed by atoms with van der Waals surface area (Å²) in [7, 11) is -1.06. The molecular weight excluding hydrogens is 410 g/mol. The maximum atomic E-state index is 13.2. The van der Waals surface area contributed by atoms with Crippen LogP contribution in [0.25, 0.3) is 0 Å². The molecule has 0 N–H and O–H groups in total. The van der Waals surface area contributed by atoms with E-state index in [0.29, 0.717) is 6.54 Å². The lowest BCUT2D eigenvalue weighted by Gasteiger charge is -2.33. The van der Waals surface area contributed by atoms with Crippen molar-refractivity contribution in [2.45, 2.75) is 25.9 Å². The summed E-state index contributed by atoms with van der Waals surface area (Å²) in [6, 6.07) is 11.8. The van der Waals surface area contributed by atoms with Gasteiger partial charge in [-0.3, -0.25) is 19.2 Å². The summed E-state index contributed by atoms with van der Waals surface area (Å²) in [5, 5.41) is 11.2. The topological polar surface area (TPSA) is 110 Å². The second kappa shape index (κ2) is 9.57. The largest absolute Gasteiger partial charge is 0.495 e. The lowest BCUT2D eigenvalue weighted by Crippen LogP contribution is -2.49. The van der Waals surface area contributed by atoms with Crippen molar-refractivity contribution in [3.8, 4) is 5.75 Å². The summed E-state index contributed by atoms with van der Waals surface area (Å²) in [6.07, 6.45) is 1.12. The van der Waals surface area contributed by atoms with Crippen LogP contribution >= 0.6 is 0 Å². The fourth-order valence-electron chi connectivity index (χ4n) is 3.17. The van der Waals surface area contributed by atoms with E-state index >= 15 is 0 Å². The molecule has 162 valence electrons. The number of nitrogens with zero attached hydrogens (tertiary/aromatic N) is 3. The summed E-state index contributed by atoms with van der Waals surface area (Å²) < 4.78 is 31.5. The number of rotatable bonds is 9. The molecule has 2 aromatic rings. The van der Waals surface area contributed by atoms with E-state index in [0.717, 1.165) is 22.2 Å². The van der Waals surface area contributed by atoms with Gasteiger partial charge in [-0.25, -0.2) is 8.42 Å². The number of anilines is 1. The van der Waals surface area contributed by atoms with Gasteiger partial charge in [0.1, 0.15) is 17.5 Å². The molecule has 30 heavy (non-hydrogen) atoms. The van der Waals surface area contributed by atoms with Crippen LogP contribution in [0, 0.1) is 10.1 Å². The zero-order valence-electron chi connectivity index (χ0n) is 17.3. The van der Waals surface area contributed by atoms with Crippen molar-refractivity contribution >= 4 is 27.3 Å². The van der Waals surface area contributed by atoms with Gasteiger partial charge in [0.05, 0.1) is 18.3 Å². The number of likely N-dealkylation sites (N-methyl/N-ethyl adjacent to an activating group) is 1. The van der Waals surface area contributed by atoms with Gasteiger partial charge in [0.2, 0.25) is 15.9 Å². The number of sulfonamides is 1. The Morgan fingerprint density at radius 3 is 2.33 bits per heavy atom. The minimum Gasteiger partial charge on any atom is -0.495 e. The number of methoxy groups -OCH3 is 1. The Hall–Kier alpha value is -3.14. The molecule has 0 spiro atoms. The molecule has 0 aliphatic heterocycles. The van der Waals surface area contributed by atoms with Crippen LogP contribution in [0.4, 0.5) is 11.4 Å². The van der Waals surface area contributed by atoms with E-state index < -0.39 is 26.9 Å². The second-order valence-corrected chi connectivity index (χ2v) is 8.64. The minimum absolute atomic E-state index is 0.0532. The predicted octanol–water partition coefficient (Wildman–Crippen LogP) is 2.81. The van der Waals surface area contributed by atoms with Crippen molar-refractivity contribution in [2.24, 2.45) is 0 Å².